The number of para-hydroxylation sites is 1. The number of amides is 1. The molecule has 0 radical (unpaired) electrons. The van der Waals surface area contributed by atoms with E-state index in [9.17, 15) is 4.79 Å². The molecular weight excluding hydrogens is 335 g/mol. The second-order valence-corrected chi connectivity index (χ2v) is 5.73. The average molecular weight is 353 g/mol. The van der Waals surface area contributed by atoms with Crippen molar-refractivity contribution >= 4 is 40.7 Å². The second-order valence-electron chi connectivity index (χ2n) is 4.92. The lowest BCUT2D eigenvalue weighted by Crippen LogP contribution is -2.31. The first-order valence-corrected chi connectivity index (χ1v) is 8.07. The largest absolute Gasteiger partial charge is 0.338 e. The number of rotatable bonds is 5. The Kier molecular flexibility index (Phi) is 5.80. The minimum absolute atomic E-state index is 0.131. The fourth-order valence-electron chi connectivity index (χ4n) is 2.14. The van der Waals surface area contributed by atoms with E-state index in [0.29, 0.717) is 40.2 Å². The molecule has 0 atom stereocenters. The number of aromatic nitrogens is 2. The molecule has 0 bridgehead atoms. The topological polar surface area (TPSA) is 58.1 Å². The van der Waals surface area contributed by atoms with Crippen LogP contribution in [-0.2, 0) is 0 Å². The highest BCUT2D eigenvalue weighted by Gasteiger charge is 2.16. The van der Waals surface area contributed by atoms with Crippen LogP contribution in [0.3, 0.4) is 0 Å². The Morgan fingerprint density at radius 2 is 1.78 bits per heavy atom. The minimum Gasteiger partial charge on any atom is -0.338 e. The minimum atomic E-state index is -0.131. The number of hydrogen-bond donors (Lipinski definition) is 1. The Balaban J connectivity index is 2.36. The number of nitrogens with one attached hydrogen (secondary N) is 1. The number of aryl methyl sites for hydroxylation is 1. The van der Waals surface area contributed by atoms with Crippen molar-refractivity contribution in [3.63, 3.8) is 0 Å². The quantitative estimate of drug-likeness (QED) is 0.870. The fraction of sp³-hybridized carbons (Fsp3) is 0.312. The molecule has 1 aromatic carbocycles. The maximum absolute atomic E-state index is 12.5. The van der Waals surface area contributed by atoms with Crippen molar-refractivity contribution in [2.45, 2.75) is 20.8 Å². The number of halogens is 2. The monoisotopic (exact) mass is 352 g/mol. The first-order chi connectivity index (χ1) is 11.0. The molecule has 1 heterocycles. The summed E-state index contributed by atoms with van der Waals surface area (Å²) in [4.78, 5) is 22.7. The molecule has 5 nitrogen and oxygen atoms in total. The van der Waals surface area contributed by atoms with Crippen LogP contribution in [0.5, 0.6) is 0 Å². The van der Waals surface area contributed by atoms with Gasteiger partial charge in [-0.3, -0.25) is 4.79 Å². The van der Waals surface area contributed by atoms with Crippen LogP contribution in [0.1, 0.15) is 30.0 Å². The van der Waals surface area contributed by atoms with Crippen LogP contribution >= 0.6 is 23.2 Å². The lowest BCUT2D eigenvalue weighted by Gasteiger charge is -2.18. The molecular formula is C16H18Cl2N4O. The van der Waals surface area contributed by atoms with Gasteiger partial charge in [-0.1, -0.05) is 29.3 Å². The van der Waals surface area contributed by atoms with E-state index in [-0.39, 0.29) is 11.9 Å². The fourth-order valence-corrected chi connectivity index (χ4v) is 2.63. The van der Waals surface area contributed by atoms with Crippen LogP contribution in [0.2, 0.25) is 10.0 Å². The zero-order valence-corrected chi connectivity index (χ0v) is 14.7. The molecule has 0 spiro atoms. The van der Waals surface area contributed by atoms with E-state index >= 15 is 0 Å². The van der Waals surface area contributed by atoms with Gasteiger partial charge >= 0.3 is 0 Å². The van der Waals surface area contributed by atoms with Gasteiger partial charge in [0.05, 0.1) is 15.7 Å². The van der Waals surface area contributed by atoms with E-state index in [1.807, 2.05) is 13.8 Å². The van der Waals surface area contributed by atoms with E-state index in [4.69, 9.17) is 23.2 Å². The summed E-state index contributed by atoms with van der Waals surface area (Å²) in [5.74, 6) is 0.157. The molecule has 0 aliphatic heterocycles. The van der Waals surface area contributed by atoms with Crippen molar-refractivity contribution in [3.05, 3.63) is 45.7 Å². The lowest BCUT2D eigenvalue weighted by molar-refractivity contribution is 0.0767. The van der Waals surface area contributed by atoms with Crippen LogP contribution in [0.25, 0.3) is 0 Å². The van der Waals surface area contributed by atoms with Gasteiger partial charge in [0.15, 0.2) is 0 Å². The zero-order valence-electron chi connectivity index (χ0n) is 13.2. The smallest absolute Gasteiger partial charge is 0.272 e. The van der Waals surface area contributed by atoms with Crippen LogP contribution < -0.4 is 5.32 Å². The van der Waals surface area contributed by atoms with Crippen molar-refractivity contribution in [3.8, 4) is 0 Å². The first-order valence-electron chi connectivity index (χ1n) is 7.32. The predicted octanol–water partition coefficient (Wildman–Crippen LogP) is 4.32. The molecule has 0 aliphatic carbocycles. The summed E-state index contributed by atoms with van der Waals surface area (Å²) in [5.41, 5.74) is 1.54. The van der Waals surface area contributed by atoms with E-state index in [1.54, 1.807) is 36.1 Å². The van der Waals surface area contributed by atoms with E-state index in [1.165, 1.54) is 0 Å². The lowest BCUT2D eigenvalue weighted by atomic mass is 10.3. The standard InChI is InChI=1S/C16H18Cl2N4O/c1-4-22(5-2)15(23)13-9-10(3)19-16(20-13)21-14-11(17)7-6-8-12(14)18/h6-9H,4-5H2,1-3H3,(H,19,20,21). The van der Waals surface area contributed by atoms with Gasteiger partial charge in [-0.2, -0.15) is 0 Å². The summed E-state index contributed by atoms with van der Waals surface area (Å²) in [6.45, 7) is 6.91. The van der Waals surface area contributed by atoms with Crippen molar-refractivity contribution in [1.82, 2.24) is 14.9 Å². The number of benzene rings is 1. The van der Waals surface area contributed by atoms with Gasteiger partial charge in [0.2, 0.25) is 5.95 Å². The van der Waals surface area contributed by atoms with Crippen molar-refractivity contribution in [2.24, 2.45) is 0 Å². The van der Waals surface area contributed by atoms with E-state index in [2.05, 4.69) is 15.3 Å². The van der Waals surface area contributed by atoms with Crippen LogP contribution in [0, 0.1) is 6.92 Å². The molecule has 122 valence electrons. The summed E-state index contributed by atoms with van der Waals surface area (Å²) < 4.78 is 0. The number of nitrogens with zero attached hydrogens (tertiary/aromatic N) is 3. The van der Waals surface area contributed by atoms with Crippen LogP contribution in [0.4, 0.5) is 11.6 Å². The van der Waals surface area contributed by atoms with Gasteiger partial charge in [0, 0.05) is 18.8 Å². The number of hydrogen-bond acceptors (Lipinski definition) is 4. The summed E-state index contributed by atoms with van der Waals surface area (Å²) in [7, 11) is 0. The first kappa shape index (κ1) is 17.5. The molecule has 7 heteroatoms. The van der Waals surface area contributed by atoms with Gasteiger partial charge in [-0.05, 0) is 39.0 Å². The van der Waals surface area contributed by atoms with Gasteiger partial charge in [-0.25, -0.2) is 9.97 Å². The summed E-state index contributed by atoms with van der Waals surface area (Å²) in [5, 5.41) is 3.91. The SMILES string of the molecule is CCN(CC)C(=O)c1cc(C)nc(Nc2c(Cl)cccc2Cl)n1. The summed E-state index contributed by atoms with van der Waals surface area (Å²) in [6.07, 6.45) is 0. The molecule has 1 N–H and O–H groups in total. The van der Waals surface area contributed by atoms with Gasteiger partial charge in [0.1, 0.15) is 5.69 Å². The number of carbonyl (C=O) groups is 1. The normalized spacial score (nSPS) is 10.5. The summed E-state index contributed by atoms with van der Waals surface area (Å²) >= 11 is 12.3. The average Bonchev–Trinajstić information content (AvgIpc) is 2.51. The second kappa shape index (κ2) is 7.62. The number of anilines is 2. The molecule has 0 saturated carbocycles. The van der Waals surface area contributed by atoms with Gasteiger partial charge in [0.25, 0.3) is 5.91 Å². The maximum Gasteiger partial charge on any atom is 0.272 e. The van der Waals surface area contributed by atoms with Crippen molar-refractivity contribution < 1.29 is 4.79 Å². The highest BCUT2D eigenvalue weighted by atomic mass is 35.5. The third-order valence-corrected chi connectivity index (χ3v) is 3.95. The van der Waals surface area contributed by atoms with Gasteiger partial charge in [-0.15, -0.1) is 0 Å². The highest BCUT2D eigenvalue weighted by molar-refractivity contribution is 6.39. The molecule has 0 unspecified atom stereocenters. The summed E-state index contributed by atoms with van der Waals surface area (Å²) in [6, 6.07) is 6.85. The molecule has 0 fully saturated rings. The Morgan fingerprint density at radius 3 is 2.35 bits per heavy atom. The van der Waals surface area contributed by atoms with Crippen LogP contribution in [0.15, 0.2) is 24.3 Å². The Labute approximate surface area is 145 Å². The van der Waals surface area contributed by atoms with E-state index < -0.39 is 0 Å². The Hall–Kier alpha value is -1.85. The molecule has 23 heavy (non-hydrogen) atoms. The molecule has 1 amide bonds. The predicted molar refractivity (Wildman–Crippen MR) is 93.8 cm³/mol. The molecule has 0 aliphatic rings. The van der Waals surface area contributed by atoms with Crippen LogP contribution in [-0.4, -0.2) is 33.9 Å². The molecule has 0 saturated heterocycles. The Morgan fingerprint density at radius 1 is 1.17 bits per heavy atom. The Bertz CT molecular complexity index is 697. The molecule has 2 aromatic rings. The number of carbonyl (C=O) groups excluding carboxylic acids is 1. The highest BCUT2D eigenvalue weighted by Crippen LogP contribution is 2.31. The third-order valence-electron chi connectivity index (χ3n) is 3.32. The maximum atomic E-state index is 12.5. The van der Waals surface area contributed by atoms with Crippen molar-refractivity contribution in [1.29, 1.82) is 0 Å². The van der Waals surface area contributed by atoms with E-state index in [0.717, 1.165) is 0 Å². The van der Waals surface area contributed by atoms with Gasteiger partial charge < -0.3 is 10.2 Å². The zero-order chi connectivity index (χ0) is 17.0. The molecule has 2 rings (SSSR count). The molecule has 1 aromatic heterocycles. The third kappa shape index (κ3) is 4.12. The van der Waals surface area contributed by atoms with Crippen molar-refractivity contribution in [2.75, 3.05) is 18.4 Å².